The van der Waals surface area contributed by atoms with E-state index in [-0.39, 0.29) is 24.4 Å². The van der Waals surface area contributed by atoms with Crippen molar-refractivity contribution in [3.05, 3.63) is 29.3 Å². The number of hydrogen-bond donors (Lipinski definition) is 4. The molecule has 0 saturated carbocycles. The smallest absolute Gasteiger partial charge is 0.326 e. The van der Waals surface area contributed by atoms with E-state index in [1.165, 1.54) is 0 Å². The highest BCUT2D eigenvalue weighted by Gasteiger charge is 2.09. The lowest BCUT2D eigenvalue weighted by atomic mass is 10.1. The Hall–Kier alpha value is -1.75. The van der Waals surface area contributed by atoms with Crippen LogP contribution in [0.5, 0.6) is 0 Å². The van der Waals surface area contributed by atoms with Crippen molar-refractivity contribution < 1.29 is 4.79 Å². The van der Waals surface area contributed by atoms with Crippen molar-refractivity contribution >= 4 is 30.1 Å². The van der Waals surface area contributed by atoms with Gasteiger partial charge in [-0.05, 0) is 38.3 Å². The van der Waals surface area contributed by atoms with Crippen LogP contribution in [0.1, 0.15) is 37.8 Å². The van der Waals surface area contributed by atoms with E-state index in [4.69, 9.17) is 5.41 Å². The van der Waals surface area contributed by atoms with Gasteiger partial charge in [-0.3, -0.25) is 10.7 Å². The minimum atomic E-state index is -0.399. The molecule has 118 valence electrons. The van der Waals surface area contributed by atoms with Gasteiger partial charge in [0.15, 0.2) is 5.96 Å². The SMILES string of the molecule is CCCC(C)NC(=N)NC(=O)Nc1c(C)cccc1C.Cl. The third-order valence-electron chi connectivity index (χ3n) is 3.07. The van der Waals surface area contributed by atoms with Gasteiger partial charge < -0.3 is 10.6 Å². The van der Waals surface area contributed by atoms with E-state index >= 15 is 0 Å². The molecule has 1 atom stereocenters. The Morgan fingerprint density at radius 3 is 2.38 bits per heavy atom. The number of para-hydroxylation sites is 1. The third kappa shape index (κ3) is 6.49. The van der Waals surface area contributed by atoms with Crippen LogP contribution in [-0.4, -0.2) is 18.0 Å². The van der Waals surface area contributed by atoms with Gasteiger partial charge >= 0.3 is 6.03 Å². The second-order valence-corrected chi connectivity index (χ2v) is 5.05. The Morgan fingerprint density at radius 1 is 1.29 bits per heavy atom. The number of carbonyl (C=O) groups is 1. The summed E-state index contributed by atoms with van der Waals surface area (Å²) < 4.78 is 0. The molecular weight excluding hydrogens is 288 g/mol. The first-order valence-corrected chi connectivity index (χ1v) is 6.93. The van der Waals surface area contributed by atoms with Crippen molar-refractivity contribution in [1.29, 1.82) is 5.41 Å². The molecule has 0 spiro atoms. The van der Waals surface area contributed by atoms with Crippen LogP contribution in [0, 0.1) is 19.3 Å². The molecule has 0 bridgehead atoms. The fourth-order valence-electron chi connectivity index (χ4n) is 2.06. The van der Waals surface area contributed by atoms with Crippen molar-refractivity contribution in [2.45, 2.75) is 46.6 Å². The first-order chi connectivity index (χ1) is 9.43. The second-order valence-electron chi connectivity index (χ2n) is 5.05. The predicted octanol–water partition coefficient (Wildman–Crippen LogP) is 3.56. The van der Waals surface area contributed by atoms with E-state index in [0.717, 1.165) is 29.7 Å². The number of rotatable bonds is 4. The van der Waals surface area contributed by atoms with Gasteiger partial charge in [-0.25, -0.2) is 4.79 Å². The van der Waals surface area contributed by atoms with Crippen LogP contribution in [0.15, 0.2) is 18.2 Å². The lowest BCUT2D eigenvalue weighted by molar-refractivity contribution is 0.255. The van der Waals surface area contributed by atoms with Gasteiger partial charge in [-0.1, -0.05) is 31.5 Å². The van der Waals surface area contributed by atoms with Crippen LogP contribution in [0.2, 0.25) is 0 Å². The minimum Gasteiger partial charge on any atom is -0.354 e. The number of carbonyl (C=O) groups excluding carboxylic acids is 1. The number of anilines is 1. The summed E-state index contributed by atoms with van der Waals surface area (Å²) in [5.41, 5.74) is 2.79. The first-order valence-electron chi connectivity index (χ1n) is 6.93. The highest BCUT2D eigenvalue weighted by molar-refractivity contribution is 6.02. The molecule has 6 heteroatoms. The van der Waals surface area contributed by atoms with E-state index in [0.29, 0.717) is 0 Å². The van der Waals surface area contributed by atoms with Crippen molar-refractivity contribution in [2.24, 2.45) is 0 Å². The molecule has 2 amide bonds. The third-order valence-corrected chi connectivity index (χ3v) is 3.07. The Labute approximate surface area is 132 Å². The minimum absolute atomic E-state index is 0. The van der Waals surface area contributed by atoms with Gasteiger partial charge in [0.25, 0.3) is 0 Å². The fraction of sp³-hybridized carbons (Fsp3) is 0.467. The highest BCUT2D eigenvalue weighted by atomic mass is 35.5. The molecule has 0 aliphatic carbocycles. The maximum Gasteiger partial charge on any atom is 0.326 e. The number of amides is 2. The zero-order valence-corrected chi connectivity index (χ0v) is 13.9. The normalized spacial score (nSPS) is 11.0. The number of hydrogen-bond acceptors (Lipinski definition) is 2. The molecule has 0 saturated heterocycles. The van der Waals surface area contributed by atoms with Crippen molar-refractivity contribution in [1.82, 2.24) is 10.6 Å². The van der Waals surface area contributed by atoms with E-state index in [2.05, 4.69) is 22.9 Å². The van der Waals surface area contributed by atoms with E-state index < -0.39 is 6.03 Å². The quantitative estimate of drug-likeness (QED) is 0.507. The largest absolute Gasteiger partial charge is 0.354 e. The monoisotopic (exact) mass is 312 g/mol. The number of halogens is 1. The summed E-state index contributed by atoms with van der Waals surface area (Å²) in [4.78, 5) is 11.9. The van der Waals surface area contributed by atoms with E-state index in [1.807, 2.05) is 39.0 Å². The van der Waals surface area contributed by atoms with Gasteiger partial charge in [0, 0.05) is 11.7 Å². The predicted molar refractivity (Wildman–Crippen MR) is 90.6 cm³/mol. The van der Waals surface area contributed by atoms with Crippen LogP contribution in [-0.2, 0) is 0 Å². The number of aryl methyl sites for hydroxylation is 2. The molecule has 5 nitrogen and oxygen atoms in total. The van der Waals surface area contributed by atoms with Crippen LogP contribution in [0.3, 0.4) is 0 Å². The lowest BCUT2D eigenvalue weighted by Gasteiger charge is -2.16. The summed E-state index contributed by atoms with van der Waals surface area (Å²) >= 11 is 0. The van der Waals surface area contributed by atoms with Crippen LogP contribution in [0.25, 0.3) is 0 Å². The van der Waals surface area contributed by atoms with Crippen molar-refractivity contribution in [2.75, 3.05) is 5.32 Å². The van der Waals surface area contributed by atoms with Gasteiger partial charge in [0.05, 0.1) is 0 Å². The van der Waals surface area contributed by atoms with Crippen LogP contribution < -0.4 is 16.0 Å². The molecule has 21 heavy (non-hydrogen) atoms. The van der Waals surface area contributed by atoms with Crippen LogP contribution in [0.4, 0.5) is 10.5 Å². The molecule has 1 aromatic rings. The Morgan fingerprint density at radius 2 is 1.86 bits per heavy atom. The lowest BCUT2D eigenvalue weighted by Crippen LogP contribution is -2.45. The summed E-state index contributed by atoms with van der Waals surface area (Å²) in [6.45, 7) is 7.96. The van der Waals surface area contributed by atoms with Gasteiger partial charge in [-0.15, -0.1) is 12.4 Å². The maximum atomic E-state index is 11.9. The highest BCUT2D eigenvalue weighted by Crippen LogP contribution is 2.18. The fourth-order valence-corrected chi connectivity index (χ4v) is 2.06. The van der Waals surface area contributed by atoms with Gasteiger partial charge in [0.1, 0.15) is 0 Å². The topological polar surface area (TPSA) is 77.0 Å². The standard InChI is InChI=1S/C15H24N4O.ClH/c1-5-7-12(4)17-14(16)19-15(20)18-13-10(2)8-6-9-11(13)3;/h6,8-9,12H,5,7H2,1-4H3,(H4,16,17,18,19,20);1H. The van der Waals surface area contributed by atoms with Crippen molar-refractivity contribution in [3.63, 3.8) is 0 Å². The summed E-state index contributed by atoms with van der Waals surface area (Å²) in [6, 6.07) is 5.60. The zero-order valence-electron chi connectivity index (χ0n) is 13.0. The summed E-state index contributed by atoms with van der Waals surface area (Å²) in [6.07, 6.45) is 2.00. The molecule has 1 rings (SSSR count). The van der Waals surface area contributed by atoms with Crippen molar-refractivity contribution in [3.8, 4) is 0 Å². The number of urea groups is 1. The molecule has 1 aromatic carbocycles. The second kappa shape index (κ2) is 9.23. The summed E-state index contributed by atoms with van der Waals surface area (Å²) in [7, 11) is 0. The average molecular weight is 313 g/mol. The number of nitrogens with one attached hydrogen (secondary N) is 4. The molecule has 0 radical (unpaired) electrons. The van der Waals surface area contributed by atoms with E-state index in [1.54, 1.807) is 0 Å². The molecule has 0 aliphatic heterocycles. The molecule has 1 unspecified atom stereocenters. The molecule has 0 fully saturated rings. The molecule has 0 heterocycles. The molecule has 0 aliphatic rings. The molecule has 4 N–H and O–H groups in total. The van der Waals surface area contributed by atoms with Crippen LogP contribution >= 0.6 is 12.4 Å². The average Bonchev–Trinajstić information content (AvgIpc) is 2.34. The van der Waals surface area contributed by atoms with E-state index in [9.17, 15) is 4.79 Å². The van der Waals surface area contributed by atoms with Gasteiger partial charge in [-0.2, -0.15) is 0 Å². The van der Waals surface area contributed by atoms with Gasteiger partial charge in [0.2, 0.25) is 0 Å². The summed E-state index contributed by atoms with van der Waals surface area (Å²) in [5.74, 6) is 0.0229. The number of guanidine groups is 1. The Balaban J connectivity index is 0.00000400. The molecular formula is C15H25ClN4O. The zero-order chi connectivity index (χ0) is 15.1. The molecule has 0 aromatic heterocycles. The first kappa shape index (κ1) is 19.2. The summed E-state index contributed by atoms with van der Waals surface area (Å²) in [5, 5.41) is 15.9. The maximum absolute atomic E-state index is 11.9. The Kier molecular flexibility index (Phi) is 8.47. The Bertz CT molecular complexity index is 470. The number of benzene rings is 1.